The van der Waals surface area contributed by atoms with Gasteiger partial charge in [-0.05, 0) is 5.92 Å². The Kier molecular flexibility index (Phi) is 5.09. The van der Waals surface area contributed by atoms with Gasteiger partial charge in [-0.25, -0.2) is 9.97 Å². The Hall–Kier alpha value is -1.25. The van der Waals surface area contributed by atoms with E-state index in [4.69, 9.17) is 17.3 Å². The summed E-state index contributed by atoms with van der Waals surface area (Å²) in [6.07, 6.45) is 2.01. The lowest BCUT2D eigenvalue weighted by Gasteiger charge is -1.95. The van der Waals surface area contributed by atoms with Crippen molar-refractivity contribution in [3.8, 4) is 11.8 Å². The third kappa shape index (κ3) is 4.51. The molecule has 1 aromatic heterocycles. The molecule has 0 unspecified atom stereocenters. The van der Waals surface area contributed by atoms with Crippen molar-refractivity contribution in [2.75, 3.05) is 11.5 Å². The van der Waals surface area contributed by atoms with E-state index in [0.717, 1.165) is 0 Å². The molecule has 0 aliphatic rings. The third-order valence-electron chi connectivity index (χ3n) is 1.49. The van der Waals surface area contributed by atoms with Gasteiger partial charge < -0.3 is 5.73 Å². The van der Waals surface area contributed by atoms with Crippen LogP contribution in [0.25, 0.3) is 0 Å². The molecule has 1 aromatic rings. The Morgan fingerprint density at radius 2 is 2.44 bits per heavy atom. The predicted octanol–water partition coefficient (Wildman–Crippen LogP) is 1.73. The second-order valence-corrected chi connectivity index (χ2v) is 4.46. The van der Waals surface area contributed by atoms with Crippen molar-refractivity contribution in [1.82, 2.24) is 9.97 Å². The number of halogens is 1. The van der Waals surface area contributed by atoms with E-state index < -0.39 is 0 Å². The summed E-state index contributed by atoms with van der Waals surface area (Å²) >= 11 is 7.02. The van der Waals surface area contributed by atoms with E-state index in [1.165, 1.54) is 24.9 Å². The molecule has 0 amide bonds. The molecule has 0 aliphatic heterocycles. The van der Waals surface area contributed by atoms with E-state index in [0.29, 0.717) is 17.9 Å². The maximum absolute atomic E-state index is 10.6. The van der Waals surface area contributed by atoms with Crippen LogP contribution in [0.4, 0.5) is 5.82 Å². The van der Waals surface area contributed by atoms with Crippen molar-refractivity contribution in [2.45, 2.75) is 13.3 Å². The zero-order valence-electron chi connectivity index (χ0n) is 8.66. The van der Waals surface area contributed by atoms with Gasteiger partial charge in [0.15, 0.2) is 16.0 Å². The second kappa shape index (κ2) is 6.36. The van der Waals surface area contributed by atoms with E-state index in [1.807, 2.05) is 0 Å². The number of rotatable bonds is 2. The lowest BCUT2D eigenvalue weighted by Crippen LogP contribution is -1.94. The van der Waals surface area contributed by atoms with Crippen LogP contribution in [0, 0.1) is 11.8 Å². The van der Waals surface area contributed by atoms with Crippen LogP contribution in [0.1, 0.15) is 19.0 Å². The van der Waals surface area contributed by atoms with Crippen molar-refractivity contribution in [1.29, 1.82) is 0 Å². The van der Waals surface area contributed by atoms with Gasteiger partial charge in [0.25, 0.3) is 0 Å². The molecule has 0 saturated heterocycles. The van der Waals surface area contributed by atoms with Gasteiger partial charge in [0.05, 0.1) is 6.20 Å². The number of carbonyl (C=O) groups is 1. The lowest BCUT2D eigenvalue weighted by molar-refractivity contribution is -0.109. The highest BCUT2D eigenvalue weighted by Gasteiger charge is 1.99. The highest BCUT2D eigenvalue weighted by Crippen LogP contribution is 2.10. The molecule has 0 saturated carbocycles. The van der Waals surface area contributed by atoms with Crippen LogP contribution in [-0.4, -0.2) is 20.8 Å². The van der Waals surface area contributed by atoms with Crippen molar-refractivity contribution in [2.24, 2.45) is 0 Å². The fraction of sp³-hybridized carbons (Fsp3) is 0.300. The summed E-state index contributed by atoms with van der Waals surface area (Å²) in [5.41, 5.74) is 5.80. The van der Waals surface area contributed by atoms with Crippen molar-refractivity contribution in [3.63, 3.8) is 0 Å². The minimum absolute atomic E-state index is 0.0899. The van der Waals surface area contributed by atoms with Gasteiger partial charge in [-0.1, -0.05) is 29.3 Å². The van der Waals surface area contributed by atoms with E-state index in [1.54, 1.807) is 0 Å². The molecule has 0 aromatic carbocycles. The van der Waals surface area contributed by atoms with Gasteiger partial charge in [0.1, 0.15) is 5.82 Å². The molecule has 0 spiro atoms. The average molecular weight is 256 g/mol. The molecule has 1 heterocycles. The van der Waals surface area contributed by atoms with Crippen LogP contribution in [0.15, 0.2) is 6.20 Å². The van der Waals surface area contributed by atoms with E-state index >= 15 is 0 Å². The number of nitrogen functional groups attached to an aromatic ring is 1. The number of carbonyl (C=O) groups excluding carboxylic acids is 1. The smallest absolute Gasteiger partial charge is 0.185 e. The number of hydrogen-bond donors (Lipinski definition) is 1. The standard InChI is InChI=1S/C10H10ClN3OS/c1-7(15)16-5-3-2-4-8-10(11)14-9(12)6-13-8/h6H,3,5H2,1H3,(H2,12,14). The van der Waals surface area contributed by atoms with Crippen molar-refractivity contribution >= 4 is 34.3 Å². The van der Waals surface area contributed by atoms with E-state index in [9.17, 15) is 4.79 Å². The summed E-state index contributed by atoms with van der Waals surface area (Å²) < 4.78 is 0. The zero-order chi connectivity index (χ0) is 12.0. The minimum Gasteiger partial charge on any atom is -0.382 e. The Labute approximate surface area is 103 Å². The fourth-order valence-corrected chi connectivity index (χ4v) is 1.54. The monoisotopic (exact) mass is 255 g/mol. The topological polar surface area (TPSA) is 68.9 Å². The normalized spacial score (nSPS) is 9.38. The van der Waals surface area contributed by atoms with E-state index in [2.05, 4.69) is 21.8 Å². The van der Waals surface area contributed by atoms with Crippen LogP contribution < -0.4 is 5.73 Å². The summed E-state index contributed by atoms with van der Waals surface area (Å²) in [5, 5.41) is 0.291. The first-order chi connectivity index (χ1) is 7.59. The van der Waals surface area contributed by atoms with Crippen LogP contribution in [0.2, 0.25) is 5.15 Å². The van der Waals surface area contributed by atoms with Crippen molar-refractivity contribution in [3.05, 3.63) is 17.0 Å². The van der Waals surface area contributed by atoms with Crippen LogP contribution in [-0.2, 0) is 4.79 Å². The maximum Gasteiger partial charge on any atom is 0.185 e. The minimum atomic E-state index is 0.0899. The molecule has 16 heavy (non-hydrogen) atoms. The SMILES string of the molecule is CC(=O)SCCC#Cc1ncc(N)nc1Cl. The zero-order valence-corrected chi connectivity index (χ0v) is 10.2. The van der Waals surface area contributed by atoms with Gasteiger partial charge in [-0.15, -0.1) is 0 Å². The first-order valence-electron chi connectivity index (χ1n) is 4.50. The first kappa shape index (κ1) is 12.8. The van der Waals surface area contributed by atoms with Crippen molar-refractivity contribution < 1.29 is 4.79 Å². The Morgan fingerprint density at radius 3 is 3.06 bits per heavy atom. The summed E-state index contributed by atoms with van der Waals surface area (Å²) in [4.78, 5) is 18.4. The molecule has 0 aliphatic carbocycles. The summed E-state index contributed by atoms with van der Waals surface area (Å²) in [7, 11) is 0. The summed E-state index contributed by atoms with van der Waals surface area (Å²) in [6.45, 7) is 1.53. The number of nitrogens with zero attached hydrogens (tertiary/aromatic N) is 2. The average Bonchev–Trinajstić information content (AvgIpc) is 2.20. The van der Waals surface area contributed by atoms with Gasteiger partial charge in [-0.2, -0.15) is 0 Å². The lowest BCUT2D eigenvalue weighted by atomic mass is 10.4. The van der Waals surface area contributed by atoms with Crippen LogP contribution >= 0.6 is 23.4 Å². The molecular weight excluding hydrogens is 246 g/mol. The molecule has 0 atom stereocenters. The van der Waals surface area contributed by atoms with Gasteiger partial charge in [-0.3, -0.25) is 4.79 Å². The molecule has 0 bridgehead atoms. The molecule has 1 rings (SSSR count). The number of aromatic nitrogens is 2. The summed E-state index contributed by atoms with van der Waals surface area (Å²) in [5.74, 6) is 6.58. The van der Waals surface area contributed by atoms with Crippen LogP contribution in [0.5, 0.6) is 0 Å². The third-order valence-corrected chi connectivity index (χ3v) is 2.57. The molecule has 84 valence electrons. The first-order valence-corrected chi connectivity index (χ1v) is 5.86. The molecule has 2 N–H and O–H groups in total. The predicted molar refractivity (Wildman–Crippen MR) is 66.1 cm³/mol. The molecule has 4 nitrogen and oxygen atoms in total. The molecule has 6 heteroatoms. The molecular formula is C10H10ClN3OS. The fourth-order valence-electron chi connectivity index (χ4n) is 0.855. The number of thioether (sulfide) groups is 1. The van der Waals surface area contributed by atoms with Gasteiger partial charge in [0, 0.05) is 19.1 Å². The molecule has 0 radical (unpaired) electrons. The Bertz CT molecular complexity index is 453. The Morgan fingerprint density at radius 1 is 1.69 bits per heavy atom. The van der Waals surface area contributed by atoms with E-state index in [-0.39, 0.29) is 16.1 Å². The maximum atomic E-state index is 10.6. The largest absolute Gasteiger partial charge is 0.382 e. The second-order valence-electron chi connectivity index (χ2n) is 2.83. The molecule has 0 fully saturated rings. The highest BCUT2D eigenvalue weighted by molar-refractivity contribution is 8.13. The van der Waals surface area contributed by atoms with Gasteiger partial charge in [0.2, 0.25) is 0 Å². The highest BCUT2D eigenvalue weighted by atomic mass is 35.5. The number of hydrogen-bond acceptors (Lipinski definition) is 5. The van der Waals surface area contributed by atoms with Crippen LogP contribution in [0.3, 0.4) is 0 Å². The Balaban J connectivity index is 2.53. The quantitative estimate of drug-likeness (QED) is 0.644. The van der Waals surface area contributed by atoms with Gasteiger partial charge >= 0.3 is 0 Å². The number of anilines is 1. The summed E-state index contributed by atoms with van der Waals surface area (Å²) in [6, 6.07) is 0. The number of nitrogens with two attached hydrogens (primary N) is 1.